The van der Waals surface area contributed by atoms with Crippen molar-refractivity contribution in [1.29, 1.82) is 0 Å². The largest absolute Gasteiger partial charge is 0.433 e. The fraction of sp³-hybridized carbons (Fsp3) is 0.400. The second kappa shape index (κ2) is 5.60. The quantitative estimate of drug-likeness (QED) is 0.723. The van der Waals surface area contributed by atoms with E-state index in [1.54, 1.807) is 6.07 Å². The fourth-order valence-corrected chi connectivity index (χ4v) is 2.42. The molecule has 2 aromatic rings. The Morgan fingerprint density at radius 1 is 1.25 bits per heavy atom. The molecule has 0 unspecified atom stereocenters. The van der Waals surface area contributed by atoms with Crippen molar-refractivity contribution in [3.05, 3.63) is 40.0 Å². The topological polar surface area (TPSA) is 12.9 Å². The molecule has 108 valence electrons. The van der Waals surface area contributed by atoms with Gasteiger partial charge in [0.2, 0.25) is 0 Å². The standard InChI is InChI=1S/C15H15ClF3N/c1-3-4-5-10-6-7-12-11(8-10)13(16)9(2)14(20-12)15(17,18)19/h6-8H,3-5H2,1-2H3. The molecule has 0 saturated heterocycles. The van der Waals surface area contributed by atoms with Crippen LogP contribution in [-0.4, -0.2) is 4.98 Å². The van der Waals surface area contributed by atoms with E-state index < -0.39 is 11.9 Å². The predicted molar refractivity (Wildman–Crippen MR) is 75.1 cm³/mol. The fourth-order valence-electron chi connectivity index (χ4n) is 2.18. The van der Waals surface area contributed by atoms with E-state index in [-0.39, 0.29) is 16.1 Å². The van der Waals surface area contributed by atoms with Gasteiger partial charge in [-0.05, 0) is 43.0 Å². The number of hydrogen-bond acceptors (Lipinski definition) is 1. The van der Waals surface area contributed by atoms with Crippen LogP contribution in [0.15, 0.2) is 18.2 Å². The zero-order chi connectivity index (χ0) is 14.9. The lowest BCUT2D eigenvalue weighted by Gasteiger charge is -2.13. The minimum absolute atomic E-state index is 0.0145. The third kappa shape index (κ3) is 2.90. The van der Waals surface area contributed by atoms with Gasteiger partial charge in [-0.25, -0.2) is 4.98 Å². The van der Waals surface area contributed by atoms with E-state index in [0.29, 0.717) is 5.39 Å². The highest BCUT2D eigenvalue weighted by atomic mass is 35.5. The van der Waals surface area contributed by atoms with Gasteiger partial charge >= 0.3 is 6.18 Å². The summed E-state index contributed by atoms with van der Waals surface area (Å²) in [4.78, 5) is 3.72. The molecule has 0 spiro atoms. The zero-order valence-electron chi connectivity index (χ0n) is 11.3. The van der Waals surface area contributed by atoms with Gasteiger partial charge in [-0.3, -0.25) is 0 Å². The van der Waals surface area contributed by atoms with Crippen molar-refractivity contribution in [3.63, 3.8) is 0 Å². The maximum absolute atomic E-state index is 12.9. The first-order chi connectivity index (χ1) is 9.34. The molecule has 0 aliphatic heterocycles. The van der Waals surface area contributed by atoms with Crippen molar-refractivity contribution in [3.8, 4) is 0 Å². The molecule has 0 atom stereocenters. The van der Waals surface area contributed by atoms with Crippen molar-refractivity contribution < 1.29 is 13.2 Å². The normalized spacial score (nSPS) is 12.1. The number of aromatic nitrogens is 1. The summed E-state index contributed by atoms with van der Waals surface area (Å²) in [6.07, 6.45) is -1.49. The highest BCUT2D eigenvalue weighted by Crippen LogP contribution is 2.36. The molecule has 1 nitrogen and oxygen atoms in total. The summed E-state index contributed by atoms with van der Waals surface area (Å²) in [6.45, 7) is 3.45. The van der Waals surface area contributed by atoms with Crippen molar-refractivity contribution in [2.75, 3.05) is 0 Å². The summed E-state index contributed by atoms with van der Waals surface area (Å²) in [5.41, 5.74) is 0.436. The highest BCUT2D eigenvalue weighted by Gasteiger charge is 2.35. The number of unbranched alkanes of at least 4 members (excludes halogenated alkanes) is 1. The lowest BCUT2D eigenvalue weighted by molar-refractivity contribution is -0.141. The summed E-state index contributed by atoms with van der Waals surface area (Å²) in [5, 5.41) is 0.728. The number of pyridine rings is 1. The Kier molecular flexibility index (Phi) is 4.23. The Balaban J connectivity index is 2.58. The Hall–Kier alpha value is -1.29. The molecule has 0 aliphatic rings. The van der Waals surface area contributed by atoms with Crippen LogP contribution < -0.4 is 0 Å². The van der Waals surface area contributed by atoms with Gasteiger partial charge in [0.1, 0.15) is 5.69 Å². The highest BCUT2D eigenvalue weighted by molar-refractivity contribution is 6.36. The molecule has 0 radical (unpaired) electrons. The van der Waals surface area contributed by atoms with Crippen LogP contribution in [0.1, 0.15) is 36.6 Å². The molecular weight excluding hydrogens is 287 g/mol. The summed E-state index contributed by atoms with van der Waals surface area (Å²) in [5.74, 6) is 0. The van der Waals surface area contributed by atoms with Gasteiger partial charge in [-0.15, -0.1) is 0 Å². The van der Waals surface area contributed by atoms with E-state index in [1.807, 2.05) is 12.1 Å². The summed E-state index contributed by atoms with van der Waals surface area (Å²) in [7, 11) is 0. The van der Waals surface area contributed by atoms with Gasteiger partial charge < -0.3 is 0 Å². The average molecular weight is 302 g/mol. The summed E-state index contributed by atoms with van der Waals surface area (Å²) >= 11 is 6.10. The van der Waals surface area contributed by atoms with Crippen molar-refractivity contribution in [2.45, 2.75) is 39.3 Å². The van der Waals surface area contributed by atoms with Crippen LogP contribution in [0.5, 0.6) is 0 Å². The molecule has 0 N–H and O–H groups in total. The van der Waals surface area contributed by atoms with Crippen LogP contribution >= 0.6 is 11.6 Å². The van der Waals surface area contributed by atoms with Crippen LogP contribution in [0.4, 0.5) is 13.2 Å². The zero-order valence-corrected chi connectivity index (χ0v) is 12.1. The van der Waals surface area contributed by atoms with Gasteiger partial charge in [0.05, 0.1) is 10.5 Å². The number of aryl methyl sites for hydroxylation is 1. The number of hydrogen-bond donors (Lipinski definition) is 0. The van der Waals surface area contributed by atoms with E-state index >= 15 is 0 Å². The maximum atomic E-state index is 12.9. The molecule has 0 bridgehead atoms. The van der Waals surface area contributed by atoms with Crippen LogP contribution in [0, 0.1) is 6.92 Å². The molecule has 1 heterocycles. The first kappa shape index (κ1) is 15.1. The van der Waals surface area contributed by atoms with Gasteiger partial charge in [0, 0.05) is 5.39 Å². The molecule has 1 aromatic heterocycles. The first-order valence-corrected chi connectivity index (χ1v) is 6.88. The maximum Gasteiger partial charge on any atom is 0.433 e. The third-order valence-electron chi connectivity index (χ3n) is 3.30. The Labute approximate surface area is 120 Å². The first-order valence-electron chi connectivity index (χ1n) is 6.50. The van der Waals surface area contributed by atoms with E-state index in [9.17, 15) is 13.2 Å². The van der Waals surface area contributed by atoms with Crippen molar-refractivity contribution >= 4 is 22.5 Å². The van der Waals surface area contributed by atoms with Gasteiger partial charge in [-0.2, -0.15) is 13.2 Å². The van der Waals surface area contributed by atoms with Gasteiger partial charge in [0.25, 0.3) is 0 Å². The van der Waals surface area contributed by atoms with E-state index in [0.717, 1.165) is 24.8 Å². The SMILES string of the molecule is CCCCc1ccc2nc(C(F)(F)F)c(C)c(Cl)c2c1. The Bertz CT molecular complexity index is 635. The number of benzene rings is 1. The predicted octanol–water partition coefficient (Wildman–Crippen LogP) is 5.56. The lowest BCUT2D eigenvalue weighted by atomic mass is 10.0. The van der Waals surface area contributed by atoms with E-state index in [2.05, 4.69) is 11.9 Å². The molecule has 0 saturated carbocycles. The molecular formula is C15H15ClF3N. The van der Waals surface area contributed by atoms with Crippen LogP contribution in [0.2, 0.25) is 5.02 Å². The van der Waals surface area contributed by atoms with Crippen LogP contribution in [-0.2, 0) is 12.6 Å². The van der Waals surface area contributed by atoms with Crippen molar-refractivity contribution in [2.24, 2.45) is 0 Å². The summed E-state index contributed by atoms with van der Waals surface area (Å²) in [6, 6.07) is 5.27. The molecule has 0 aliphatic carbocycles. The number of nitrogens with zero attached hydrogens (tertiary/aromatic N) is 1. The Morgan fingerprint density at radius 3 is 2.55 bits per heavy atom. The molecule has 0 fully saturated rings. The minimum Gasteiger partial charge on any atom is -0.243 e. The third-order valence-corrected chi connectivity index (χ3v) is 3.79. The minimum atomic E-state index is -4.48. The van der Waals surface area contributed by atoms with Crippen LogP contribution in [0.25, 0.3) is 10.9 Å². The second-order valence-electron chi connectivity index (χ2n) is 4.85. The number of rotatable bonds is 3. The number of alkyl halides is 3. The number of fused-ring (bicyclic) bond motifs is 1. The lowest BCUT2D eigenvalue weighted by Crippen LogP contribution is -2.11. The van der Waals surface area contributed by atoms with Crippen LogP contribution in [0.3, 0.4) is 0 Å². The molecule has 5 heteroatoms. The van der Waals surface area contributed by atoms with Gasteiger partial charge in [-0.1, -0.05) is 31.0 Å². The molecule has 20 heavy (non-hydrogen) atoms. The summed E-state index contributed by atoms with van der Waals surface area (Å²) < 4.78 is 38.6. The molecule has 2 rings (SSSR count). The van der Waals surface area contributed by atoms with Crippen molar-refractivity contribution in [1.82, 2.24) is 4.98 Å². The van der Waals surface area contributed by atoms with E-state index in [1.165, 1.54) is 6.92 Å². The smallest absolute Gasteiger partial charge is 0.243 e. The number of halogens is 4. The van der Waals surface area contributed by atoms with Gasteiger partial charge in [0.15, 0.2) is 0 Å². The monoisotopic (exact) mass is 301 g/mol. The van der Waals surface area contributed by atoms with E-state index in [4.69, 9.17) is 11.6 Å². The Morgan fingerprint density at radius 2 is 1.95 bits per heavy atom. The molecule has 0 amide bonds. The molecule has 1 aromatic carbocycles. The average Bonchev–Trinajstić information content (AvgIpc) is 2.39. The second-order valence-corrected chi connectivity index (χ2v) is 5.23.